The highest BCUT2D eigenvalue weighted by atomic mass is 16.3. The monoisotopic (exact) mass is 251 g/mol. The molecule has 0 spiro atoms. The molecule has 3 heteroatoms. The first-order valence-electron chi connectivity index (χ1n) is 6.58. The van der Waals surface area contributed by atoms with Crippen LogP contribution in [0.3, 0.4) is 0 Å². The fourth-order valence-corrected chi connectivity index (χ4v) is 1.99. The van der Waals surface area contributed by atoms with Crippen molar-refractivity contribution in [1.29, 1.82) is 0 Å². The molecule has 1 atom stereocenters. The molecule has 0 amide bonds. The Balaban J connectivity index is 2.48. The van der Waals surface area contributed by atoms with E-state index < -0.39 is 0 Å². The van der Waals surface area contributed by atoms with E-state index in [9.17, 15) is 5.11 Å². The van der Waals surface area contributed by atoms with Crippen molar-refractivity contribution >= 4 is 0 Å². The molecule has 102 valence electrons. The molecule has 0 aliphatic rings. The van der Waals surface area contributed by atoms with Gasteiger partial charge in [-0.2, -0.15) is 0 Å². The highest BCUT2D eigenvalue weighted by Gasteiger charge is 2.18. The molecule has 0 fully saturated rings. The Hall–Kier alpha value is -1.06. The van der Waals surface area contributed by atoms with Crippen LogP contribution in [0.5, 0.6) is 5.75 Å². The molecule has 0 aliphatic heterocycles. The molecular weight excluding hydrogens is 226 g/mol. The van der Waals surface area contributed by atoms with E-state index in [0.29, 0.717) is 5.75 Å². The van der Waals surface area contributed by atoms with Crippen LogP contribution in [-0.2, 0) is 0 Å². The normalized spacial score (nSPS) is 13.6. The van der Waals surface area contributed by atoms with Gasteiger partial charge in [0.2, 0.25) is 0 Å². The van der Waals surface area contributed by atoms with Crippen molar-refractivity contribution in [2.45, 2.75) is 39.7 Å². The lowest BCUT2D eigenvalue weighted by atomic mass is 9.87. The zero-order valence-electron chi connectivity index (χ0n) is 11.6. The third-order valence-corrected chi connectivity index (χ3v) is 3.27. The SMILES string of the molecule is CC(NCC(C)(C)CCCO)c1cccc(O)c1. The predicted molar refractivity (Wildman–Crippen MR) is 74.6 cm³/mol. The van der Waals surface area contributed by atoms with Crippen LogP contribution in [0, 0.1) is 5.41 Å². The van der Waals surface area contributed by atoms with Gasteiger partial charge in [-0.1, -0.05) is 26.0 Å². The van der Waals surface area contributed by atoms with Crippen LogP contribution in [0.2, 0.25) is 0 Å². The Morgan fingerprint density at radius 2 is 2.06 bits per heavy atom. The van der Waals surface area contributed by atoms with Crippen LogP contribution >= 0.6 is 0 Å². The summed E-state index contributed by atoms with van der Waals surface area (Å²) in [6, 6.07) is 7.56. The summed E-state index contributed by atoms with van der Waals surface area (Å²) in [6.07, 6.45) is 1.85. The second-order valence-corrected chi connectivity index (χ2v) is 5.69. The first-order chi connectivity index (χ1) is 8.44. The highest BCUT2D eigenvalue weighted by Crippen LogP contribution is 2.23. The molecule has 18 heavy (non-hydrogen) atoms. The van der Waals surface area contributed by atoms with E-state index in [4.69, 9.17) is 5.11 Å². The number of phenols is 1. The van der Waals surface area contributed by atoms with Crippen LogP contribution in [0.1, 0.15) is 45.2 Å². The fraction of sp³-hybridized carbons (Fsp3) is 0.600. The molecule has 3 N–H and O–H groups in total. The van der Waals surface area contributed by atoms with Gasteiger partial charge in [-0.05, 0) is 42.9 Å². The maximum absolute atomic E-state index is 9.45. The largest absolute Gasteiger partial charge is 0.508 e. The summed E-state index contributed by atoms with van der Waals surface area (Å²) in [7, 11) is 0. The first kappa shape index (κ1) is 15.0. The van der Waals surface area contributed by atoms with Crippen molar-refractivity contribution in [2.24, 2.45) is 5.41 Å². The molecule has 1 aromatic carbocycles. The van der Waals surface area contributed by atoms with Crippen LogP contribution in [0.25, 0.3) is 0 Å². The topological polar surface area (TPSA) is 52.5 Å². The molecular formula is C15H25NO2. The highest BCUT2D eigenvalue weighted by molar-refractivity contribution is 5.29. The molecule has 0 heterocycles. The predicted octanol–water partition coefficient (Wildman–Crippen LogP) is 2.84. The third kappa shape index (κ3) is 5.07. The Morgan fingerprint density at radius 1 is 1.33 bits per heavy atom. The Morgan fingerprint density at radius 3 is 2.67 bits per heavy atom. The smallest absolute Gasteiger partial charge is 0.115 e. The van der Waals surface area contributed by atoms with Gasteiger partial charge < -0.3 is 15.5 Å². The van der Waals surface area contributed by atoms with E-state index in [1.54, 1.807) is 12.1 Å². The van der Waals surface area contributed by atoms with E-state index in [1.807, 2.05) is 12.1 Å². The van der Waals surface area contributed by atoms with Gasteiger partial charge in [-0.25, -0.2) is 0 Å². The zero-order chi connectivity index (χ0) is 13.6. The summed E-state index contributed by atoms with van der Waals surface area (Å²) in [5.41, 5.74) is 1.27. The Bertz CT molecular complexity index is 363. The van der Waals surface area contributed by atoms with Gasteiger partial charge in [0.15, 0.2) is 0 Å². The maximum Gasteiger partial charge on any atom is 0.115 e. The van der Waals surface area contributed by atoms with Crippen molar-refractivity contribution in [3.05, 3.63) is 29.8 Å². The van der Waals surface area contributed by atoms with Crippen LogP contribution in [0.4, 0.5) is 0 Å². The van der Waals surface area contributed by atoms with Crippen molar-refractivity contribution in [3.8, 4) is 5.75 Å². The van der Waals surface area contributed by atoms with E-state index >= 15 is 0 Å². The molecule has 0 bridgehead atoms. The fourth-order valence-electron chi connectivity index (χ4n) is 1.99. The quantitative estimate of drug-likeness (QED) is 0.698. The molecule has 0 saturated carbocycles. The second-order valence-electron chi connectivity index (χ2n) is 5.69. The number of aliphatic hydroxyl groups excluding tert-OH is 1. The minimum absolute atomic E-state index is 0.174. The number of hydrogen-bond donors (Lipinski definition) is 3. The molecule has 1 rings (SSSR count). The van der Waals surface area contributed by atoms with Gasteiger partial charge in [0.25, 0.3) is 0 Å². The summed E-state index contributed by atoms with van der Waals surface area (Å²) in [5.74, 6) is 0.306. The number of rotatable bonds is 7. The van der Waals surface area contributed by atoms with E-state index in [1.165, 1.54) is 0 Å². The van der Waals surface area contributed by atoms with Crippen molar-refractivity contribution in [2.75, 3.05) is 13.2 Å². The summed E-state index contributed by atoms with van der Waals surface area (Å²) >= 11 is 0. The Kier molecular flexibility index (Phi) is 5.63. The molecule has 0 radical (unpaired) electrons. The number of aliphatic hydroxyl groups is 1. The number of hydrogen-bond acceptors (Lipinski definition) is 3. The number of benzene rings is 1. The summed E-state index contributed by atoms with van der Waals surface area (Å²) < 4.78 is 0. The molecule has 1 aromatic rings. The second kappa shape index (κ2) is 6.76. The number of phenolic OH excluding ortho intramolecular Hbond substituents is 1. The van der Waals surface area contributed by atoms with Gasteiger partial charge in [-0.3, -0.25) is 0 Å². The van der Waals surface area contributed by atoms with E-state index in [0.717, 1.165) is 24.9 Å². The van der Waals surface area contributed by atoms with Crippen molar-refractivity contribution in [3.63, 3.8) is 0 Å². The molecule has 0 aromatic heterocycles. The average molecular weight is 251 g/mol. The number of aromatic hydroxyl groups is 1. The first-order valence-corrected chi connectivity index (χ1v) is 6.58. The van der Waals surface area contributed by atoms with Crippen molar-refractivity contribution < 1.29 is 10.2 Å². The van der Waals surface area contributed by atoms with Gasteiger partial charge in [0.05, 0.1) is 0 Å². The van der Waals surface area contributed by atoms with Gasteiger partial charge in [0, 0.05) is 19.2 Å². The Labute approximate surface area is 110 Å². The molecule has 3 nitrogen and oxygen atoms in total. The summed E-state index contributed by atoms with van der Waals surface area (Å²) in [6.45, 7) is 7.64. The zero-order valence-corrected chi connectivity index (χ0v) is 11.6. The average Bonchev–Trinajstić information content (AvgIpc) is 2.34. The van der Waals surface area contributed by atoms with Crippen molar-refractivity contribution in [1.82, 2.24) is 5.32 Å². The lowest BCUT2D eigenvalue weighted by Gasteiger charge is -2.27. The van der Waals surface area contributed by atoms with Gasteiger partial charge in [0.1, 0.15) is 5.75 Å². The molecule has 0 saturated heterocycles. The minimum Gasteiger partial charge on any atom is -0.508 e. The standard InChI is InChI=1S/C15H25NO2/c1-12(13-6-4-7-14(18)10-13)16-11-15(2,3)8-5-9-17/h4,6-7,10,12,16-18H,5,8-9,11H2,1-3H3. The summed E-state index contributed by atoms with van der Waals surface area (Å²) in [4.78, 5) is 0. The third-order valence-electron chi connectivity index (χ3n) is 3.27. The lowest BCUT2D eigenvalue weighted by molar-refractivity contribution is 0.233. The van der Waals surface area contributed by atoms with E-state index in [-0.39, 0.29) is 18.1 Å². The lowest BCUT2D eigenvalue weighted by Crippen LogP contribution is -2.31. The van der Waals surface area contributed by atoms with Crippen LogP contribution < -0.4 is 5.32 Å². The van der Waals surface area contributed by atoms with Gasteiger partial charge in [-0.15, -0.1) is 0 Å². The van der Waals surface area contributed by atoms with E-state index in [2.05, 4.69) is 26.1 Å². The molecule has 1 unspecified atom stereocenters. The number of nitrogens with one attached hydrogen (secondary N) is 1. The maximum atomic E-state index is 9.45. The van der Waals surface area contributed by atoms with Crippen LogP contribution in [-0.4, -0.2) is 23.4 Å². The van der Waals surface area contributed by atoms with Gasteiger partial charge >= 0.3 is 0 Å². The summed E-state index contributed by atoms with van der Waals surface area (Å²) in [5, 5.41) is 21.8. The molecule has 0 aliphatic carbocycles. The van der Waals surface area contributed by atoms with Crippen LogP contribution in [0.15, 0.2) is 24.3 Å². The minimum atomic E-state index is 0.174.